The molecule has 5 aromatic carbocycles. The Morgan fingerprint density at radius 3 is 2.10 bits per heavy atom. The first-order valence-electron chi connectivity index (χ1n) is 16.9. The van der Waals surface area contributed by atoms with E-state index in [1.807, 2.05) is 48.5 Å². The van der Waals surface area contributed by atoms with E-state index in [9.17, 15) is 4.79 Å². The summed E-state index contributed by atoms with van der Waals surface area (Å²) in [5, 5.41) is 4.26. The number of nitrogens with zero attached hydrogens (tertiary/aromatic N) is 2. The van der Waals surface area contributed by atoms with Crippen molar-refractivity contribution in [2.45, 2.75) is 31.3 Å². The van der Waals surface area contributed by atoms with Gasteiger partial charge in [0, 0.05) is 35.6 Å². The number of halogens is 1. The van der Waals surface area contributed by atoms with Crippen molar-refractivity contribution in [1.29, 1.82) is 0 Å². The lowest BCUT2D eigenvalue weighted by atomic mass is 9.76. The molecule has 1 amide bonds. The van der Waals surface area contributed by atoms with Gasteiger partial charge in [-0.15, -0.1) is 0 Å². The number of hydrogen-bond donors (Lipinski definition) is 1. The molecule has 6 nitrogen and oxygen atoms in total. The smallest absolute Gasteiger partial charge is 0.264 e. The van der Waals surface area contributed by atoms with Crippen LogP contribution < -0.4 is 19.7 Å². The Labute approximate surface area is 301 Å². The number of nitrogens with one attached hydrogen (secondary N) is 1. The monoisotopic (exact) mass is 697 g/mol. The molecule has 2 atom stereocenters. The molecule has 3 heterocycles. The molecular formula is C42H36ClN3O3S. The molecule has 0 aromatic heterocycles. The van der Waals surface area contributed by atoms with Crippen molar-refractivity contribution in [3.05, 3.63) is 159 Å². The molecule has 0 unspecified atom stereocenters. The summed E-state index contributed by atoms with van der Waals surface area (Å²) in [6.07, 6.45) is 3.97. The predicted octanol–water partition coefficient (Wildman–Crippen LogP) is 9.70. The minimum Gasteiger partial charge on any atom is -0.493 e. The van der Waals surface area contributed by atoms with Gasteiger partial charge in [0.15, 0.2) is 16.7 Å². The number of carbonyl (C=O) groups is 1. The minimum atomic E-state index is -0.175. The number of ether oxygens (including phenoxy) is 2. The third kappa shape index (κ3) is 6.63. The van der Waals surface area contributed by atoms with Crippen molar-refractivity contribution in [2.24, 2.45) is 4.99 Å². The lowest BCUT2D eigenvalue weighted by molar-refractivity contribution is -0.115. The van der Waals surface area contributed by atoms with Crippen molar-refractivity contribution < 1.29 is 14.3 Å². The van der Waals surface area contributed by atoms with Crippen LogP contribution >= 0.6 is 23.4 Å². The van der Waals surface area contributed by atoms with E-state index in [1.54, 1.807) is 7.11 Å². The van der Waals surface area contributed by atoms with Gasteiger partial charge in [0.05, 0.1) is 17.7 Å². The molecule has 0 spiro atoms. The molecule has 8 rings (SSSR count). The van der Waals surface area contributed by atoms with Gasteiger partial charge in [0.2, 0.25) is 0 Å². The van der Waals surface area contributed by atoms with Gasteiger partial charge in [-0.3, -0.25) is 4.79 Å². The highest BCUT2D eigenvalue weighted by Gasteiger charge is 2.35. The topological polar surface area (TPSA) is 63.2 Å². The number of rotatable bonds is 8. The standard InChI is InChI=1S/C42H36ClN3O3S/c1-48-38-22-28(14-17-37(38)49-26-27-12-15-31(43)16-13-27)23-39-41(47)45-42(50-39)44-32-24-35-33(29-8-4-2-5-9-29)18-20-46-21-19-34(36(25-32)40(35)46)30-10-6-3-7-11-30/h2-17,22-25,33-34H,18-21,26H2,1H3,(H,44,45,47)/b39-23-/t33-,34+. The highest BCUT2D eigenvalue weighted by atomic mass is 35.5. The van der Waals surface area contributed by atoms with E-state index < -0.39 is 0 Å². The van der Waals surface area contributed by atoms with E-state index >= 15 is 0 Å². The molecule has 5 aromatic rings. The number of thioether (sulfide) groups is 1. The SMILES string of the molecule is COc1cc(/C=C2\SC(=Nc3cc4c5c(c3)[C@H](c3ccccc3)CCN5CC[C@@H]4c3ccccc3)NC2=O)ccc1OCc1ccc(Cl)cc1. The number of amides is 1. The maximum Gasteiger partial charge on any atom is 0.264 e. The second kappa shape index (κ2) is 14.1. The van der Waals surface area contributed by atoms with Crippen LogP contribution in [0.2, 0.25) is 5.02 Å². The van der Waals surface area contributed by atoms with Gasteiger partial charge in [-0.25, -0.2) is 4.99 Å². The fourth-order valence-corrected chi connectivity index (χ4v) is 8.26. The van der Waals surface area contributed by atoms with Crippen LogP contribution in [0.25, 0.3) is 6.08 Å². The summed E-state index contributed by atoms with van der Waals surface area (Å²) in [6, 6.07) is 39.3. The summed E-state index contributed by atoms with van der Waals surface area (Å²) in [7, 11) is 1.61. The molecule has 1 saturated heterocycles. The van der Waals surface area contributed by atoms with E-state index in [0.29, 0.717) is 33.2 Å². The Hall–Kier alpha value is -4.98. The average Bonchev–Trinajstić information content (AvgIpc) is 3.49. The minimum absolute atomic E-state index is 0.175. The lowest BCUT2D eigenvalue weighted by Crippen LogP contribution is -2.37. The van der Waals surface area contributed by atoms with Gasteiger partial charge in [-0.05, 0) is 100 Å². The van der Waals surface area contributed by atoms with Gasteiger partial charge in [0.25, 0.3) is 5.91 Å². The molecule has 3 aliphatic rings. The van der Waals surface area contributed by atoms with Gasteiger partial charge in [-0.1, -0.05) is 90.5 Å². The molecule has 8 heteroatoms. The van der Waals surface area contributed by atoms with E-state index in [-0.39, 0.29) is 17.7 Å². The van der Waals surface area contributed by atoms with Crippen LogP contribution in [-0.4, -0.2) is 31.3 Å². The molecular weight excluding hydrogens is 662 g/mol. The Balaban J connectivity index is 1.09. The Bertz CT molecular complexity index is 2030. The lowest BCUT2D eigenvalue weighted by Gasteiger charge is -2.43. The zero-order chi connectivity index (χ0) is 34.0. The molecule has 1 fully saturated rings. The number of carbonyl (C=O) groups excluding carboxylic acids is 1. The van der Waals surface area contributed by atoms with E-state index in [4.69, 9.17) is 26.1 Å². The van der Waals surface area contributed by atoms with Crippen LogP contribution in [0.4, 0.5) is 11.4 Å². The highest BCUT2D eigenvalue weighted by Crippen LogP contribution is 2.50. The quantitative estimate of drug-likeness (QED) is 0.164. The van der Waals surface area contributed by atoms with E-state index in [2.05, 4.69) is 83.0 Å². The second-order valence-electron chi connectivity index (χ2n) is 12.8. The number of hydrogen-bond acceptors (Lipinski definition) is 6. The van der Waals surface area contributed by atoms with Crippen LogP contribution in [0, 0.1) is 0 Å². The van der Waals surface area contributed by atoms with Gasteiger partial charge >= 0.3 is 0 Å². The maximum atomic E-state index is 13.2. The fraction of sp³-hybridized carbons (Fsp3) is 0.190. The van der Waals surface area contributed by atoms with Crippen molar-refractivity contribution in [1.82, 2.24) is 5.32 Å². The number of amidine groups is 1. The highest BCUT2D eigenvalue weighted by molar-refractivity contribution is 8.18. The fourth-order valence-electron chi connectivity index (χ4n) is 7.29. The van der Waals surface area contributed by atoms with Crippen LogP contribution in [0.3, 0.4) is 0 Å². The number of anilines is 1. The molecule has 250 valence electrons. The zero-order valence-corrected chi connectivity index (χ0v) is 29.2. The molecule has 0 bridgehead atoms. The number of methoxy groups -OCH3 is 1. The van der Waals surface area contributed by atoms with Crippen molar-refractivity contribution >= 4 is 51.9 Å². The van der Waals surface area contributed by atoms with Crippen LogP contribution in [-0.2, 0) is 11.4 Å². The summed E-state index contributed by atoms with van der Waals surface area (Å²) in [6.45, 7) is 2.46. The van der Waals surface area contributed by atoms with Crippen LogP contribution in [0.1, 0.15) is 58.1 Å². The molecule has 0 aliphatic carbocycles. The van der Waals surface area contributed by atoms with E-state index in [0.717, 1.165) is 42.7 Å². The molecule has 3 aliphatic heterocycles. The normalized spacial score (nSPS) is 19.7. The van der Waals surface area contributed by atoms with Crippen LogP contribution in [0.15, 0.2) is 125 Å². The summed E-state index contributed by atoms with van der Waals surface area (Å²) in [5.74, 6) is 1.60. The van der Waals surface area contributed by atoms with Gasteiger partial charge in [-0.2, -0.15) is 0 Å². The Morgan fingerprint density at radius 2 is 1.48 bits per heavy atom. The summed E-state index contributed by atoms with van der Waals surface area (Å²) in [4.78, 5) is 21.4. The third-order valence-electron chi connectivity index (χ3n) is 9.67. The van der Waals surface area contributed by atoms with Gasteiger partial charge in [0.1, 0.15) is 6.61 Å². The first-order chi connectivity index (χ1) is 24.5. The predicted molar refractivity (Wildman–Crippen MR) is 204 cm³/mol. The van der Waals surface area contributed by atoms with Crippen molar-refractivity contribution in [3.63, 3.8) is 0 Å². The summed E-state index contributed by atoms with van der Waals surface area (Å²) in [5.41, 5.74) is 9.32. The summed E-state index contributed by atoms with van der Waals surface area (Å²) >= 11 is 7.37. The van der Waals surface area contributed by atoms with Crippen LogP contribution in [0.5, 0.6) is 11.5 Å². The first-order valence-corrected chi connectivity index (χ1v) is 18.1. The average molecular weight is 698 g/mol. The van der Waals surface area contributed by atoms with Crippen molar-refractivity contribution in [2.75, 3.05) is 25.1 Å². The Morgan fingerprint density at radius 1 is 0.840 bits per heavy atom. The first kappa shape index (κ1) is 32.2. The molecule has 0 saturated carbocycles. The molecule has 1 N–H and O–H groups in total. The number of benzene rings is 5. The largest absolute Gasteiger partial charge is 0.493 e. The second-order valence-corrected chi connectivity index (χ2v) is 14.2. The maximum absolute atomic E-state index is 13.2. The summed E-state index contributed by atoms with van der Waals surface area (Å²) < 4.78 is 11.7. The molecule has 0 radical (unpaired) electrons. The van der Waals surface area contributed by atoms with Crippen molar-refractivity contribution in [3.8, 4) is 11.5 Å². The number of aliphatic imine (C=N–C) groups is 1. The zero-order valence-electron chi connectivity index (χ0n) is 27.6. The van der Waals surface area contributed by atoms with Gasteiger partial charge < -0.3 is 19.7 Å². The third-order valence-corrected chi connectivity index (χ3v) is 10.8. The Kier molecular flexibility index (Phi) is 9.09. The molecule has 50 heavy (non-hydrogen) atoms. The van der Waals surface area contributed by atoms with E-state index in [1.165, 1.54) is 39.7 Å².